The molecule has 1 N–H and O–H groups in total. The molecule has 3 amide bonds. The van der Waals surface area contributed by atoms with Gasteiger partial charge in [0.2, 0.25) is 5.95 Å². The monoisotopic (exact) mass is 469 g/mol. The minimum Gasteiger partial charge on any atom is -0.444 e. The summed E-state index contributed by atoms with van der Waals surface area (Å²) in [6, 6.07) is 5.80. The van der Waals surface area contributed by atoms with Gasteiger partial charge >= 0.3 is 6.09 Å². The van der Waals surface area contributed by atoms with Gasteiger partial charge in [-0.1, -0.05) is 6.07 Å². The van der Waals surface area contributed by atoms with Crippen molar-refractivity contribution in [1.29, 1.82) is 0 Å². The Balaban J connectivity index is 1.61. The van der Waals surface area contributed by atoms with Crippen LogP contribution < -0.4 is 5.43 Å². The van der Waals surface area contributed by atoms with Crippen LogP contribution >= 0.6 is 11.3 Å². The first-order chi connectivity index (χ1) is 15.6. The number of nitrogens with zero attached hydrogens (tertiary/aromatic N) is 4. The van der Waals surface area contributed by atoms with Gasteiger partial charge in [-0.15, -0.1) is 11.3 Å². The van der Waals surface area contributed by atoms with Crippen LogP contribution in [0, 0.1) is 0 Å². The lowest BCUT2D eigenvalue weighted by atomic mass is 9.94. The lowest BCUT2D eigenvalue weighted by molar-refractivity contribution is -0.135. The molecule has 33 heavy (non-hydrogen) atoms. The number of carbonyl (C=O) groups is 3. The summed E-state index contributed by atoms with van der Waals surface area (Å²) in [5.74, 6) is -0.758. The van der Waals surface area contributed by atoms with E-state index < -0.39 is 17.4 Å². The third-order valence-corrected chi connectivity index (χ3v) is 6.22. The van der Waals surface area contributed by atoms with Crippen LogP contribution in [0.5, 0.6) is 0 Å². The van der Waals surface area contributed by atoms with Gasteiger partial charge in [0.05, 0.1) is 16.3 Å². The first-order valence-corrected chi connectivity index (χ1v) is 11.7. The van der Waals surface area contributed by atoms with Gasteiger partial charge in [0.15, 0.2) is 0 Å². The topological polar surface area (TPSA) is 105 Å². The molecule has 2 aliphatic heterocycles. The zero-order chi connectivity index (χ0) is 23.8. The lowest BCUT2D eigenvalue weighted by Crippen LogP contribution is -2.42. The van der Waals surface area contributed by atoms with Gasteiger partial charge in [0, 0.05) is 30.7 Å². The maximum atomic E-state index is 12.6. The number of hydrogen-bond donors (Lipinski definition) is 1. The molecule has 1 atom stereocenters. The zero-order valence-electron chi connectivity index (χ0n) is 19.1. The molecule has 0 spiro atoms. The minimum atomic E-state index is -0.566. The van der Waals surface area contributed by atoms with E-state index in [2.05, 4.69) is 15.4 Å². The fourth-order valence-electron chi connectivity index (χ4n) is 3.78. The highest BCUT2D eigenvalue weighted by molar-refractivity contribution is 7.13. The number of hydrazine groups is 1. The third-order valence-electron chi connectivity index (χ3n) is 5.32. The fraction of sp³-hybridized carbons (Fsp3) is 0.435. The second-order valence-corrected chi connectivity index (χ2v) is 10.1. The highest BCUT2D eigenvalue weighted by Gasteiger charge is 2.32. The van der Waals surface area contributed by atoms with Gasteiger partial charge < -0.3 is 9.64 Å². The molecule has 2 aromatic rings. The number of imide groups is 1. The van der Waals surface area contributed by atoms with Crippen molar-refractivity contribution in [3.8, 4) is 10.6 Å². The number of amides is 3. The summed E-state index contributed by atoms with van der Waals surface area (Å²) in [6.07, 6.45) is 2.60. The van der Waals surface area contributed by atoms with Gasteiger partial charge in [-0.05, 0) is 58.0 Å². The van der Waals surface area contributed by atoms with Gasteiger partial charge in [-0.2, -0.15) is 5.01 Å². The number of ether oxygens (including phenoxy) is 1. The van der Waals surface area contributed by atoms with E-state index in [-0.39, 0.29) is 18.0 Å². The molecule has 4 rings (SSSR count). The maximum absolute atomic E-state index is 12.6. The average molecular weight is 470 g/mol. The normalized spacial score (nSPS) is 19.0. The molecule has 10 heteroatoms. The van der Waals surface area contributed by atoms with Crippen LogP contribution in [0.3, 0.4) is 0 Å². The summed E-state index contributed by atoms with van der Waals surface area (Å²) in [5, 5.41) is 2.87. The lowest BCUT2D eigenvalue weighted by Gasteiger charge is -2.34. The number of carbonyl (C=O) groups excluding carboxylic acids is 3. The van der Waals surface area contributed by atoms with Crippen LogP contribution in [-0.4, -0.2) is 56.5 Å². The molecular weight excluding hydrogens is 442 g/mol. The van der Waals surface area contributed by atoms with E-state index >= 15 is 0 Å². The van der Waals surface area contributed by atoms with Crippen LogP contribution in [0.2, 0.25) is 0 Å². The van der Waals surface area contributed by atoms with E-state index in [1.807, 2.05) is 44.4 Å². The molecule has 1 fully saturated rings. The van der Waals surface area contributed by atoms with Crippen molar-refractivity contribution in [3.63, 3.8) is 0 Å². The Bertz CT molecular complexity index is 1110. The SMILES string of the molecule is CC1=CC(=O)N(Nc2nc(-c3cccs3)cc(C3CCCN(C(=O)OC(C)(C)C)C3)n2)C1=O. The molecule has 0 bridgehead atoms. The van der Waals surface area contributed by atoms with E-state index in [9.17, 15) is 14.4 Å². The van der Waals surface area contributed by atoms with E-state index in [0.29, 0.717) is 24.4 Å². The number of anilines is 1. The summed E-state index contributed by atoms with van der Waals surface area (Å²) in [4.78, 5) is 48.9. The predicted molar refractivity (Wildman–Crippen MR) is 124 cm³/mol. The first kappa shape index (κ1) is 22.9. The standard InChI is InChI=1S/C23H27N5O4S/c1-14-11-19(29)28(20(14)30)26-21-24-16(12-17(25-21)18-8-6-10-33-18)15-7-5-9-27(13-15)22(31)32-23(2,3)4/h6,8,10-12,15H,5,7,9,13H2,1-4H3,(H,24,25,26). The molecule has 4 heterocycles. The average Bonchev–Trinajstić information content (AvgIpc) is 3.37. The highest BCUT2D eigenvalue weighted by Crippen LogP contribution is 2.31. The molecule has 0 radical (unpaired) electrons. The number of likely N-dealkylation sites (tertiary alicyclic amines) is 1. The van der Waals surface area contributed by atoms with Crippen LogP contribution in [0.1, 0.15) is 52.1 Å². The first-order valence-electron chi connectivity index (χ1n) is 10.8. The Morgan fingerprint density at radius 3 is 2.70 bits per heavy atom. The summed E-state index contributed by atoms with van der Waals surface area (Å²) < 4.78 is 5.55. The van der Waals surface area contributed by atoms with E-state index in [1.165, 1.54) is 17.4 Å². The van der Waals surface area contributed by atoms with Crippen molar-refractivity contribution in [3.05, 3.63) is 40.9 Å². The number of thiophene rings is 1. The molecule has 0 aliphatic carbocycles. The number of nitrogens with one attached hydrogen (secondary N) is 1. The van der Waals surface area contributed by atoms with Crippen LogP contribution in [0.15, 0.2) is 35.2 Å². The van der Waals surface area contributed by atoms with Crippen LogP contribution in [0.4, 0.5) is 10.7 Å². The molecule has 1 saturated heterocycles. The van der Waals surface area contributed by atoms with Crippen molar-refractivity contribution in [2.24, 2.45) is 0 Å². The Morgan fingerprint density at radius 2 is 2.06 bits per heavy atom. The Hall–Kier alpha value is -3.27. The number of aromatic nitrogens is 2. The van der Waals surface area contributed by atoms with E-state index in [4.69, 9.17) is 4.74 Å². The number of hydrogen-bond acceptors (Lipinski definition) is 8. The Labute approximate surface area is 196 Å². The van der Waals surface area contributed by atoms with E-state index in [0.717, 1.165) is 28.4 Å². The van der Waals surface area contributed by atoms with Gasteiger partial charge in [-0.3, -0.25) is 15.0 Å². The molecule has 174 valence electrons. The molecule has 1 unspecified atom stereocenters. The smallest absolute Gasteiger partial charge is 0.410 e. The second kappa shape index (κ2) is 8.93. The highest BCUT2D eigenvalue weighted by atomic mass is 32.1. The minimum absolute atomic E-state index is 0.0293. The Kier molecular flexibility index (Phi) is 6.20. The zero-order valence-corrected chi connectivity index (χ0v) is 19.9. The van der Waals surface area contributed by atoms with Crippen molar-refractivity contribution >= 4 is 35.2 Å². The van der Waals surface area contributed by atoms with Crippen LogP contribution in [0.25, 0.3) is 10.6 Å². The largest absolute Gasteiger partial charge is 0.444 e. The van der Waals surface area contributed by atoms with Crippen molar-refractivity contribution in [2.75, 3.05) is 18.5 Å². The second-order valence-electron chi connectivity index (χ2n) is 9.16. The fourth-order valence-corrected chi connectivity index (χ4v) is 4.47. The van der Waals surface area contributed by atoms with Crippen LogP contribution in [-0.2, 0) is 14.3 Å². The number of piperidine rings is 1. The van der Waals surface area contributed by atoms with Crippen molar-refractivity contribution in [2.45, 2.75) is 52.1 Å². The molecular formula is C23H27N5O4S. The summed E-state index contributed by atoms with van der Waals surface area (Å²) >= 11 is 1.54. The van der Waals surface area contributed by atoms with Gasteiger partial charge in [-0.25, -0.2) is 14.8 Å². The summed E-state index contributed by atoms with van der Waals surface area (Å²) in [7, 11) is 0. The molecule has 2 aliphatic rings. The van der Waals surface area contributed by atoms with Gasteiger partial charge in [0.1, 0.15) is 5.60 Å². The summed E-state index contributed by atoms with van der Waals surface area (Å²) in [6.45, 7) is 8.22. The molecule has 0 aromatic carbocycles. The molecule has 0 saturated carbocycles. The Morgan fingerprint density at radius 1 is 1.27 bits per heavy atom. The predicted octanol–water partition coefficient (Wildman–Crippen LogP) is 3.96. The van der Waals surface area contributed by atoms with Gasteiger partial charge in [0.25, 0.3) is 11.8 Å². The number of rotatable bonds is 4. The third kappa shape index (κ3) is 5.22. The van der Waals surface area contributed by atoms with E-state index in [1.54, 1.807) is 11.8 Å². The molecule has 9 nitrogen and oxygen atoms in total. The molecule has 2 aromatic heterocycles. The van der Waals surface area contributed by atoms with Crippen molar-refractivity contribution in [1.82, 2.24) is 19.9 Å². The summed E-state index contributed by atoms with van der Waals surface area (Å²) in [5.41, 5.74) is 3.99. The maximum Gasteiger partial charge on any atom is 0.410 e. The van der Waals surface area contributed by atoms with Crippen molar-refractivity contribution < 1.29 is 19.1 Å². The quantitative estimate of drug-likeness (QED) is 0.676.